The Kier molecular flexibility index (Phi) is 42.7. The zero-order chi connectivity index (χ0) is 49.6. The molecule has 68 heavy (non-hydrogen) atoms. The van der Waals surface area contributed by atoms with Crippen LogP contribution in [0.15, 0.2) is 72.9 Å². The number of carbonyl (C=O) groups excluding carboxylic acids is 1. The van der Waals surface area contributed by atoms with Crippen LogP contribution in [0.4, 0.5) is 0 Å². The predicted octanol–water partition coefficient (Wildman–Crippen LogP) is 12.6. The smallest absolute Gasteiger partial charge is 0.397 e. The van der Waals surface area contributed by atoms with Gasteiger partial charge in [-0.3, -0.25) is 9.35 Å². The number of allylic oxidation sites excluding steroid dienone is 12. The van der Waals surface area contributed by atoms with E-state index < -0.39 is 59.8 Å². The van der Waals surface area contributed by atoms with Gasteiger partial charge in [0.05, 0.1) is 19.8 Å². The van der Waals surface area contributed by atoms with Gasteiger partial charge in [-0.05, 0) is 83.5 Å². The third kappa shape index (κ3) is 38.3. The van der Waals surface area contributed by atoms with E-state index in [0.29, 0.717) is 13.0 Å². The minimum Gasteiger partial charge on any atom is -0.457 e. The molecule has 12 nitrogen and oxygen atoms in total. The average molecular weight is 981 g/mol. The number of esters is 1. The van der Waals surface area contributed by atoms with Gasteiger partial charge in [-0.25, -0.2) is 4.18 Å². The minimum atomic E-state index is -5.07. The van der Waals surface area contributed by atoms with E-state index >= 15 is 0 Å². The van der Waals surface area contributed by atoms with E-state index in [2.05, 4.69) is 90.9 Å². The first-order valence-electron chi connectivity index (χ1n) is 26.7. The number of rotatable bonds is 46. The molecule has 6 atom stereocenters. The Morgan fingerprint density at radius 3 is 1.50 bits per heavy atom. The van der Waals surface area contributed by atoms with Crippen LogP contribution >= 0.6 is 0 Å². The summed E-state index contributed by atoms with van der Waals surface area (Å²) < 4.78 is 59.3. The Balaban J connectivity index is 2.32. The van der Waals surface area contributed by atoms with E-state index in [1.165, 1.54) is 83.5 Å². The summed E-state index contributed by atoms with van der Waals surface area (Å²) >= 11 is 0. The van der Waals surface area contributed by atoms with Gasteiger partial charge in [0.2, 0.25) is 0 Å². The molecule has 0 amide bonds. The summed E-state index contributed by atoms with van der Waals surface area (Å²) in [4.78, 5) is 12.9. The molecule has 0 saturated carbocycles. The molecule has 4 N–H and O–H groups in total. The Morgan fingerprint density at radius 1 is 0.574 bits per heavy atom. The molecule has 1 aliphatic heterocycles. The van der Waals surface area contributed by atoms with Gasteiger partial charge in [-0.1, -0.05) is 189 Å². The van der Waals surface area contributed by atoms with E-state index in [1.54, 1.807) is 0 Å². The normalized spacial score (nSPS) is 19.9. The van der Waals surface area contributed by atoms with Gasteiger partial charge in [0, 0.05) is 13.0 Å². The predicted molar refractivity (Wildman–Crippen MR) is 276 cm³/mol. The van der Waals surface area contributed by atoms with Crippen molar-refractivity contribution in [2.24, 2.45) is 0 Å². The van der Waals surface area contributed by atoms with Crippen molar-refractivity contribution in [3.8, 4) is 0 Å². The Labute approximate surface area is 413 Å². The summed E-state index contributed by atoms with van der Waals surface area (Å²) in [6.45, 7) is 3.86. The van der Waals surface area contributed by atoms with E-state index in [4.69, 9.17) is 18.9 Å². The molecule has 1 rings (SSSR count). The molecule has 394 valence electrons. The standard InChI is InChI=1S/C55H96O12S/c1-3-5-7-9-11-13-15-17-19-20-21-22-23-24-25-26-27-28-29-31-33-35-37-39-41-43-45-63-47-49(48-64-55-53(59)54(67-68(60,61)62)52(58)50(46-56)66-55)65-51(57)44-42-40-38-36-34-32-30-18-16-14-12-10-8-6-4-2/h5,7,11,13,17-19,21-22,24-25,30,49-50,52-56,58-59H,3-4,6,8-10,12,14-16,20,23,26-29,31-48H2,1-2H3,(H,60,61,62)/b7-5-,13-11-,19-17-,22-21-,25-24-,30-18-. The van der Waals surface area contributed by atoms with Gasteiger partial charge in [0.1, 0.15) is 30.5 Å². The summed E-state index contributed by atoms with van der Waals surface area (Å²) in [5.41, 5.74) is 0. The van der Waals surface area contributed by atoms with Crippen molar-refractivity contribution in [2.75, 3.05) is 26.4 Å². The fraction of sp³-hybridized carbons (Fsp3) is 0.764. The highest BCUT2D eigenvalue weighted by molar-refractivity contribution is 7.80. The van der Waals surface area contributed by atoms with E-state index in [-0.39, 0.29) is 19.6 Å². The lowest BCUT2D eigenvalue weighted by atomic mass is 9.99. The van der Waals surface area contributed by atoms with E-state index in [1.807, 2.05) is 0 Å². The van der Waals surface area contributed by atoms with Crippen molar-refractivity contribution in [2.45, 2.75) is 243 Å². The highest BCUT2D eigenvalue weighted by Gasteiger charge is 2.48. The number of hydrogen-bond donors (Lipinski definition) is 4. The molecule has 0 aliphatic carbocycles. The van der Waals surface area contributed by atoms with Crippen molar-refractivity contribution < 1.29 is 56.2 Å². The first kappa shape index (κ1) is 63.6. The second-order valence-corrected chi connectivity index (χ2v) is 19.1. The number of aliphatic hydroxyl groups excluding tert-OH is 3. The van der Waals surface area contributed by atoms with Gasteiger partial charge in [0.15, 0.2) is 6.29 Å². The molecule has 1 fully saturated rings. The molecule has 6 unspecified atom stereocenters. The second-order valence-electron chi connectivity index (χ2n) is 18.1. The van der Waals surface area contributed by atoms with Gasteiger partial charge >= 0.3 is 16.4 Å². The monoisotopic (exact) mass is 981 g/mol. The summed E-state index contributed by atoms with van der Waals surface area (Å²) in [5.74, 6) is -0.411. The van der Waals surface area contributed by atoms with Crippen LogP contribution in [-0.2, 0) is 38.3 Å². The van der Waals surface area contributed by atoms with Crippen molar-refractivity contribution in [1.29, 1.82) is 0 Å². The molecule has 1 heterocycles. The molecule has 0 bridgehead atoms. The largest absolute Gasteiger partial charge is 0.457 e. The maximum Gasteiger partial charge on any atom is 0.397 e. The molecular formula is C55H96O12S. The van der Waals surface area contributed by atoms with Crippen molar-refractivity contribution in [3.05, 3.63) is 72.9 Å². The van der Waals surface area contributed by atoms with Crippen LogP contribution in [0.3, 0.4) is 0 Å². The highest BCUT2D eigenvalue weighted by Crippen LogP contribution is 2.26. The van der Waals surface area contributed by atoms with Crippen molar-refractivity contribution in [3.63, 3.8) is 0 Å². The van der Waals surface area contributed by atoms with Crippen LogP contribution < -0.4 is 0 Å². The third-order valence-electron chi connectivity index (χ3n) is 11.8. The van der Waals surface area contributed by atoms with Crippen LogP contribution in [0.25, 0.3) is 0 Å². The molecule has 0 aromatic heterocycles. The summed E-state index contributed by atoms with van der Waals surface area (Å²) in [7, 11) is -5.07. The second kappa shape index (κ2) is 45.7. The lowest BCUT2D eigenvalue weighted by molar-refractivity contribution is -0.301. The number of hydrogen-bond acceptors (Lipinski definition) is 11. The van der Waals surface area contributed by atoms with Crippen molar-refractivity contribution >= 4 is 16.4 Å². The molecule has 13 heteroatoms. The first-order valence-corrected chi connectivity index (χ1v) is 28.1. The number of carbonyl (C=O) groups is 1. The van der Waals surface area contributed by atoms with Gasteiger partial charge in [-0.2, -0.15) is 8.42 Å². The van der Waals surface area contributed by atoms with E-state index in [9.17, 15) is 33.1 Å². The fourth-order valence-electron chi connectivity index (χ4n) is 7.81. The summed E-state index contributed by atoms with van der Waals surface area (Å²) in [6.07, 6.45) is 50.8. The Morgan fingerprint density at radius 2 is 1.01 bits per heavy atom. The number of ether oxygens (including phenoxy) is 4. The quantitative estimate of drug-likeness (QED) is 0.0197. The third-order valence-corrected chi connectivity index (χ3v) is 12.3. The van der Waals surface area contributed by atoms with Crippen LogP contribution in [0.5, 0.6) is 0 Å². The molecule has 0 aromatic carbocycles. The number of aliphatic hydroxyl groups is 3. The molecule has 0 spiro atoms. The molecular weight excluding hydrogens is 885 g/mol. The van der Waals surface area contributed by atoms with Crippen LogP contribution in [-0.4, -0.2) is 97.5 Å². The summed E-state index contributed by atoms with van der Waals surface area (Å²) in [6, 6.07) is 0. The summed E-state index contributed by atoms with van der Waals surface area (Å²) in [5, 5.41) is 30.8. The van der Waals surface area contributed by atoms with Gasteiger partial charge < -0.3 is 34.3 Å². The lowest BCUT2D eigenvalue weighted by Gasteiger charge is -2.41. The first-order chi connectivity index (χ1) is 33.1. The van der Waals surface area contributed by atoms with Crippen LogP contribution in [0.1, 0.15) is 206 Å². The molecule has 1 saturated heterocycles. The maximum absolute atomic E-state index is 12.9. The zero-order valence-corrected chi connectivity index (χ0v) is 43.2. The average Bonchev–Trinajstić information content (AvgIpc) is 3.31. The maximum atomic E-state index is 12.9. The molecule has 1 aliphatic rings. The van der Waals surface area contributed by atoms with E-state index in [0.717, 1.165) is 96.3 Å². The molecule has 0 aromatic rings. The van der Waals surface area contributed by atoms with Crippen LogP contribution in [0, 0.1) is 0 Å². The van der Waals surface area contributed by atoms with Gasteiger partial charge in [0.25, 0.3) is 0 Å². The topological polar surface area (TPSA) is 178 Å². The highest BCUT2D eigenvalue weighted by atomic mass is 32.3. The Bertz CT molecular complexity index is 1460. The minimum absolute atomic E-state index is 0.0268. The van der Waals surface area contributed by atoms with Crippen LogP contribution in [0.2, 0.25) is 0 Å². The Hall–Kier alpha value is -2.46. The van der Waals surface area contributed by atoms with Crippen molar-refractivity contribution in [1.82, 2.24) is 0 Å². The SMILES string of the molecule is CC/C=C\C/C=C\C/C=C\C/C=C\C/C=C\CCCCCCCCCCCCOCC(COC1OC(CO)C(O)C(OS(=O)(=O)O)C1O)OC(=O)CCCCCCC/C=C\CCCCCCCC. The van der Waals surface area contributed by atoms with Gasteiger partial charge in [-0.15, -0.1) is 0 Å². The lowest BCUT2D eigenvalue weighted by Crippen LogP contribution is -2.60. The zero-order valence-electron chi connectivity index (χ0n) is 42.4. The fourth-order valence-corrected chi connectivity index (χ4v) is 8.32. The number of unbranched alkanes of at least 4 members (excludes halogenated alkanes) is 21. The molecule has 0 radical (unpaired) electrons.